The molecule has 8 atom stereocenters. The summed E-state index contributed by atoms with van der Waals surface area (Å²) in [4.78, 5) is 76.6. The van der Waals surface area contributed by atoms with Gasteiger partial charge in [-0.2, -0.15) is 0 Å². The number of aliphatic hydroxyl groups excluding tert-OH is 1. The molecule has 0 bridgehead atoms. The maximum atomic E-state index is 13.4. The van der Waals surface area contributed by atoms with Crippen molar-refractivity contribution in [1.29, 1.82) is 0 Å². The predicted molar refractivity (Wildman–Crippen MR) is 153 cm³/mol. The number of aliphatic hydroxyl groups is 1. The Balaban J connectivity index is 1.32. The minimum absolute atomic E-state index is 0.0228. The Morgan fingerprint density at radius 3 is 2.57 bits per heavy atom. The van der Waals surface area contributed by atoms with E-state index in [-0.39, 0.29) is 55.4 Å². The van der Waals surface area contributed by atoms with Gasteiger partial charge in [-0.25, -0.2) is 4.79 Å². The van der Waals surface area contributed by atoms with Crippen molar-refractivity contribution in [1.82, 2.24) is 5.32 Å². The molecule has 0 aromatic rings. The quantitative estimate of drug-likeness (QED) is 0.133. The molecule has 1 amide bonds. The second kappa shape index (κ2) is 13.6. The molecular weight excluding hydrogens is 576 g/mol. The zero-order valence-corrected chi connectivity index (χ0v) is 25.5. The number of unbranched alkanes of at least 4 members (excludes halogenated alkanes) is 1. The van der Waals surface area contributed by atoms with E-state index in [9.17, 15) is 39.2 Å². The van der Waals surface area contributed by atoms with Crippen molar-refractivity contribution in [2.45, 2.75) is 84.3 Å². The Kier molecular flexibility index (Phi) is 10.3. The van der Waals surface area contributed by atoms with Gasteiger partial charge in [0.05, 0.1) is 25.7 Å². The van der Waals surface area contributed by atoms with Crippen molar-refractivity contribution < 1.29 is 48.5 Å². The lowest BCUT2D eigenvalue weighted by Gasteiger charge is -2.58. The normalized spacial score (nSPS) is 32.7. The first kappa shape index (κ1) is 33.3. The van der Waals surface area contributed by atoms with E-state index in [4.69, 9.17) is 9.47 Å². The van der Waals surface area contributed by atoms with Crippen LogP contribution in [0.4, 0.5) is 0 Å². The van der Waals surface area contributed by atoms with Crippen LogP contribution in [0.5, 0.6) is 0 Å². The standard InChI is InChI=1S/C31H42N2O11/c1-18(34)32-24(29(39)42-12-4-5-13-44-33(40)41)15-27(38)43-17-26(37)23-9-8-22-21-7-6-19-14-20(35)10-11-30(19,2)28(21)25(36)16-31(22,23)3/h10-11,14,21-25,28,36H,4-9,12-13,15-17H2,1-3H3,(H,32,34). The molecule has 0 aliphatic heterocycles. The van der Waals surface area contributed by atoms with Gasteiger partial charge in [-0.05, 0) is 74.3 Å². The average molecular weight is 619 g/mol. The first-order valence-electron chi connectivity index (χ1n) is 15.3. The second-order valence-electron chi connectivity index (χ2n) is 12.9. The number of ether oxygens (including phenoxy) is 2. The molecule has 0 spiro atoms. The second-order valence-corrected chi connectivity index (χ2v) is 12.9. The number of allylic oxidation sites excluding steroid dienone is 4. The largest absolute Gasteiger partial charge is 0.464 e. The molecule has 4 aliphatic rings. The van der Waals surface area contributed by atoms with Crippen LogP contribution in [0.1, 0.15) is 72.1 Å². The Bertz CT molecular complexity index is 1240. The highest BCUT2D eigenvalue weighted by Gasteiger charge is 2.62. The average Bonchev–Trinajstić information content (AvgIpc) is 3.29. The molecule has 242 valence electrons. The summed E-state index contributed by atoms with van der Waals surface area (Å²) in [5.74, 6) is -2.61. The first-order chi connectivity index (χ1) is 20.8. The number of Topliss-reactive ketones (excluding diaryl/α,β-unsaturated/α-hetero) is 1. The Morgan fingerprint density at radius 1 is 1.14 bits per heavy atom. The third kappa shape index (κ3) is 7.03. The van der Waals surface area contributed by atoms with Crippen molar-refractivity contribution in [3.05, 3.63) is 33.9 Å². The van der Waals surface area contributed by atoms with Crippen molar-refractivity contribution in [3.8, 4) is 0 Å². The Morgan fingerprint density at radius 2 is 1.86 bits per heavy atom. The van der Waals surface area contributed by atoms with E-state index in [0.29, 0.717) is 12.8 Å². The lowest BCUT2D eigenvalue weighted by molar-refractivity contribution is -0.757. The molecule has 0 aromatic heterocycles. The molecule has 8 unspecified atom stereocenters. The molecule has 13 heteroatoms. The molecule has 2 N–H and O–H groups in total. The zero-order valence-electron chi connectivity index (χ0n) is 25.5. The van der Waals surface area contributed by atoms with Crippen LogP contribution in [0.3, 0.4) is 0 Å². The molecule has 0 radical (unpaired) electrons. The number of ketones is 2. The van der Waals surface area contributed by atoms with Crippen molar-refractivity contribution in [3.63, 3.8) is 0 Å². The number of nitrogens with zero attached hydrogens (tertiary/aromatic N) is 1. The summed E-state index contributed by atoms with van der Waals surface area (Å²) in [5, 5.41) is 23.1. The van der Waals surface area contributed by atoms with E-state index in [0.717, 1.165) is 24.8 Å². The molecule has 13 nitrogen and oxygen atoms in total. The third-order valence-electron chi connectivity index (χ3n) is 10.3. The zero-order chi connectivity index (χ0) is 32.2. The summed E-state index contributed by atoms with van der Waals surface area (Å²) in [7, 11) is 0. The van der Waals surface area contributed by atoms with Crippen LogP contribution in [0, 0.1) is 44.6 Å². The predicted octanol–water partition coefficient (Wildman–Crippen LogP) is 2.42. The van der Waals surface area contributed by atoms with E-state index >= 15 is 0 Å². The molecule has 44 heavy (non-hydrogen) atoms. The van der Waals surface area contributed by atoms with E-state index in [1.807, 2.05) is 6.08 Å². The van der Waals surface area contributed by atoms with E-state index in [2.05, 4.69) is 24.0 Å². The number of hydrogen-bond acceptors (Lipinski definition) is 11. The molecule has 0 heterocycles. The fourth-order valence-corrected chi connectivity index (χ4v) is 8.39. The van der Waals surface area contributed by atoms with Crippen LogP contribution in [-0.4, -0.2) is 71.6 Å². The molecule has 0 saturated heterocycles. The number of rotatable bonds is 13. The van der Waals surface area contributed by atoms with Crippen LogP contribution >= 0.6 is 0 Å². The summed E-state index contributed by atoms with van der Waals surface area (Å²) in [6.07, 6.45) is 8.08. The lowest BCUT2D eigenvalue weighted by Crippen LogP contribution is -2.56. The molecule has 4 aliphatic carbocycles. The van der Waals surface area contributed by atoms with Gasteiger partial charge in [0.15, 0.2) is 11.6 Å². The van der Waals surface area contributed by atoms with Crippen molar-refractivity contribution >= 4 is 29.4 Å². The van der Waals surface area contributed by atoms with Crippen LogP contribution in [0.15, 0.2) is 23.8 Å². The van der Waals surface area contributed by atoms with Gasteiger partial charge in [0.2, 0.25) is 5.91 Å². The van der Waals surface area contributed by atoms with Gasteiger partial charge in [0.1, 0.15) is 12.6 Å². The van der Waals surface area contributed by atoms with Gasteiger partial charge in [-0.3, -0.25) is 19.2 Å². The maximum absolute atomic E-state index is 13.4. The molecule has 4 rings (SSSR count). The van der Waals surface area contributed by atoms with Gasteiger partial charge < -0.3 is 24.7 Å². The summed E-state index contributed by atoms with van der Waals surface area (Å²) in [6, 6.07) is -1.32. The van der Waals surface area contributed by atoms with Crippen LogP contribution in [0.25, 0.3) is 0 Å². The van der Waals surface area contributed by atoms with E-state index in [1.165, 1.54) is 6.92 Å². The molecule has 3 fully saturated rings. The van der Waals surface area contributed by atoms with Gasteiger partial charge in [-0.1, -0.05) is 25.5 Å². The SMILES string of the molecule is CC(=O)NC(CC(=O)OCC(=O)C1CCC2C3CCC4=CC(=O)C=CC4(C)C3C(O)CC12C)C(=O)OCCCCO[N+](=O)[O-]. The van der Waals surface area contributed by atoms with Crippen LogP contribution < -0.4 is 5.32 Å². The Hall–Kier alpha value is -3.61. The molecule has 0 aromatic carbocycles. The van der Waals surface area contributed by atoms with Crippen molar-refractivity contribution in [2.75, 3.05) is 19.8 Å². The van der Waals surface area contributed by atoms with Gasteiger partial charge in [0, 0.05) is 24.2 Å². The van der Waals surface area contributed by atoms with Gasteiger partial charge in [-0.15, -0.1) is 10.1 Å². The third-order valence-corrected chi connectivity index (χ3v) is 10.3. The maximum Gasteiger partial charge on any atom is 0.329 e. The summed E-state index contributed by atoms with van der Waals surface area (Å²) >= 11 is 0. The van der Waals surface area contributed by atoms with Gasteiger partial charge in [0.25, 0.3) is 5.09 Å². The highest BCUT2D eigenvalue weighted by molar-refractivity contribution is 6.01. The lowest BCUT2D eigenvalue weighted by atomic mass is 9.46. The van der Waals surface area contributed by atoms with Gasteiger partial charge >= 0.3 is 11.9 Å². The van der Waals surface area contributed by atoms with Crippen molar-refractivity contribution in [2.24, 2.45) is 34.5 Å². The number of carbonyl (C=O) groups excluding carboxylic acids is 5. The van der Waals surface area contributed by atoms with E-state index in [1.54, 1.807) is 12.2 Å². The smallest absolute Gasteiger partial charge is 0.329 e. The highest BCUT2D eigenvalue weighted by atomic mass is 16.9. The number of amides is 1. The molecule has 3 saturated carbocycles. The van der Waals surface area contributed by atoms with Crippen LogP contribution in [-0.2, 0) is 38.3 Å². The minimum atomic E-state index is -1.32. The Labute approximate surface area is 255 Å². The van der Waals surface area contributed by atoms with Crippen LogP contribution in [0.2, 0.25) is 0 Å². The highest BCUT2D eigenvalue weighted by Crippen LogP contribution is 2.66. The fraction of sp³-hybridized carbons (Fsp3) is 0.710. The van der Waals surface area contributed by atoms with E-state index < -0.39 is 64.9 Å². The number of hydrogen-bond donors (Lipinski definition) is 2. The number of nitrogens with one attached hydrogen (secondary N) is 1. The number of carbonyl (C=O) groups is 5. The topological polar surface area (TPSA) is 188 Å². The fourth-order valence-electron chi connectivity index (χ4n) is 8.39. The molecular formula is C31H42N2O11. The summed E-state index contributed by atoms with van der Waals surface area (Å²) in [5.41, 5.74) is 0.199. The number of fused-ring (bicyclic) bond motifs is 5. The summed E-state index contributed by atoms with van der Waals surface area (Å²) in [6.45, 7) is 4.60. The summed E-state index contributed by atoms with van der Waals surface area (Å²) < 4.78 is 10.4. The number of esters is 2. The monoisotopic (exact) mass is 618 g/mol. The minimum Gasteiger partial charge on any atom is -0.464 e. The first-order valence-corrected chi connectivity index (χ1v) is 15.3.